The van der Waals surface area contributed by atoms with E-state index in [9.17, 15) is 4.79 Å². The summed E-state index contributed by atoms with van der Waals surface area (Å²) in [4.78, 5) is 18.4. The zero-order valence-electron chi connectivity index (χ0n) is 4.64. The van der Waals surface area contributed by atoms with Crippen molar-refractivity contribution in [3.63, 3.8) is 0 Å². The molecule has 0 atom stereocenters. The van der Waals surface area contributed by atoms with Gasteiger partial charge < -0.3 is 5.32 Å². The fraction of sp³-hybridized carbons (Fsp3) is 0.400. The second-order valence-corrected chi connectivity index (χ2v) is 2.23. The Morgan fingerprint density at radius 1 is 1.78 bits per heavy atom. The topological polar surface area (TPSA) is 46.2 Å². The Balaban J connectivity index is 0.000000187. The molecule has 2 radical (unpaired) electrons. The monoisotopic (exact) mass is 143 g/mol. The van der Waals surface area contributed by atoms with Crippen LogP contribution in [0.4, 0.5) is 4.79 Å². The van der Waals surface area contributed by atoms with E-state index in [0.29, 0.717) is 0 Å². The van der Waals surface area contributed by atoms with E-state index in [2.05, 4.69) is 5.32 Å². The van der Waals surface area contributed by atoms with E-state index in [1.807, 2.05) is 0 Å². The first kappa shape index (κ1) is 8.27. The van der Waals surface area contributed by atoms with E-state index in [-0.39, 0.29) is 5.24 Å². The van der Waals surface area contributed by atoms with Gasteiger partial charge in [0.25, 0.3) is 5.24 Å². The Bertz CT molecular complexity index is 121. The van der Waals surface area contributed by atoms with Gasteiger partial charge in [0.15, 0.2) is 0 Å². The maximum atomic E-state index is 10.1. The number of rotatable bonds is 0. The lowest BCUT2D eigenvalue weighted by molar-refractivity contribution is 0.262. The van der Waals surface area contributed by atoms with Crippen LogP contribution >= 0.6 is 11.8 Å². The van der Waals surface area contributed by atoms with E-state index in [4.69, 9.17) is 11.4 Å². The number of hydrogen-bond donors (Lipinski definition) is 1. The molecule has 1 N–H and O–H groups in total. The van der Waals surface area contributed by atoms with Crippen LogP contribution in [0.5, 0.6) is 0 Å². The molecule has 0 aromatic heterocycles. The second-order valence-electron chi connectivity index (χ2n) is 1.16. The van der Waals surface area contributed by atoms with E-state index in [1.54, 1.807) is 0 Å². The molecule has 0 aliphatic carbocycles. The van der Waals surface area contributed by atoms with Crippen LogP contribution in [-0.2, 0) is 4.79 Å². The quantitative estimate of drug-likeness (QED) is 0.490. The summed E-state index contributed by atoms with van der Waals surface area (Å²) in [7, 11) is 0. The Kier molecular flexibility index (Phi) is 4.97. The number of carbonyl (C=O) groups is 1. The van der Waals surface area contributed by atoms with Crippen molar-refractivity contribution in [1.29, 1.82) is 0 Å². The molecule has 1 amide bonds. The average molecular weight is 143 g/mol. The number of amides is 1. The van der Waals surface area contributed by atoms with Crippen LogP contribution in [0.25, 0.3) is 0 Å². The largest absolute Gasteiger partial charge is 0.346 e. The molecule has 1 aliphatic heterocycles. The van der Waals surface area contributed by atoms with Gasteiger partial charge in [-0.05, 0) is 0 Å². The van der Waals surface area contributed by atoms with Crippen molar-refractivity contribution in [2.24, 2.45) is 0 Å². The van der Waals surface area contributed by atoms with Gasteiger partial charge in [-0.2, -0.15) is 0 Å². The number of carbonyl (C=O) groups excluding carboxylic acids is 2. The van der Waals surface area contributed by atoms with Gasteiger partial charge in [0.2, 0.25) is 0 Å². The molecule has 1 rings (SSSR count). The number of thioether (sulfide) groups is 1. The van der Waals surface area contributed by atoms with Crippen molar-refractivity contribution in [3.8, 4) is 0 Å². The fourth-order valence-corrected chi connectivity index (χ4v) is 0.941. The SMILES string of the molecule is O=C1NCCS1.[C]=C=O. The summed E-state index contributed by atoms with van der Waals surface area (Å²) in [5.41, 5.74) is 0. The Morgan fingerprint density at radius 3 is 2.44 bits per heavy atom. The summed E-state index contributed by atoms with van der Waals surface area (Å²) in [5, 5.41) is 2.76. The first-order valence-electron chi connectivity index (χ1n) is 2.25. The molecule has 0 unspecified atom stereocenters. The molecular formula is C5H5NO2S. The molecule has 1 fully saturated rings. The third-order valence-electron chi connectivity index (χ3n) is 0.605. The first-order valence-corrected chi connectivity index (χ1v) is 3.24. The van der Waals surface area contributed by atoms with Crippen LogP contribution in [0.1, 0.15) is 0 Å². The third-order valence-corrected chi connectivity index (χ3v) is 1.42. The smallest absolute Gasteiger partial charge is 0.279 e. The molecule has 1 saturated heterocycles. The summed E-state index contributed by atoms with van der Waals surface area (Å²) in [6, 6.07) is 0. The lowest BCUT2D eigenvalue weighted by atomic mass is 10.8. The zero-order valence-corrected chi connectivity index (χ0v) is 5.46. The highest BCUT2D eigenvalue weighted by molar-refractivity contribution is 8.13. The van der Waals surface area contributed by atoms with Crippen molar-refractivity contribution >= 4 is 22.9 Å². The van der Waals surface area contributed by atoms with Crippen molar-refractivity contribution in [3.05, 3.63) is 6.58 Å². The van der Waals surface area contributed by atoms with Gasteiger partial charge in [-0.25, -0.2) is 4.79 Å². The Labute approximate surface area is 57.5 Å². The molecule has 0 aromatic carbocycles. The molecule has 3 nitrogen and oxygen atoms in total. The summed E-state index contributed by atoms with van der Waals surface area (Å²) >= 11 is 1.35. The third kappa shape index (κ3) is 5.14. The average Bonchev–Trinajstić information content (AvgIpc) is 2.20. The van der Waals surface area contributed by atoms with Gasteiger partial charge in [-0.3, -0.25) is 4.79 Å². The second kappa shape index (κ2) is 5.41. The van der Waals surface area contributed by atoms with Crippen molar-refractivity contribution in [2.45, 2.75) is 0 Å². The summed E-state index contributed by atoms with van der Waals surface area (Å²) in [6.07, 6.45) is 0. The molecule has 0 bridgehead atoms. The van der Waals surface area contributed by atoms with Gasteiger partial charge >= 0.3 is 0 Å². The van der Waals surface area contributed by atoms with Gasteiger partial charge in [0, 0.05) is 12.3 Å². The van der Waals surface area contributed by atoms with Crippen molar-refractivity contribution in [2.75, 3.05) is 12.3 Å². The molecule has 0 spiro atoms. The summed E-state index contributed by atoms with van der Waals surface area (Å²) in [6.45, 7) is 6.25. The van der Waals surface area contributed by atoms with Crippen LogP contribution in [0.2, 0.25) is 0 Å². The predicted molar refractivity (Wildman–Crippen MR) is 34.8 cm³/mol. The lowest BCUT2D eigenvalue weighted by Gasteiger charge is -1.78. The Morgan fingerprint density at radius 2 is 2.33 bits per heavy atom. The van der Waals surface area contributed by atoms with Crippen LogP contribution in [-0.4, -0.2) is 23.5 Å². The van der Waals surface area contributed by atoms with E-state index in [0.717, 1.165) is 18.2 Å². The van der Waals surface area contributed by atoms with E-state index in [1.165, 1.54) is 11.8 Å². The van der Waals surface area contributed by atoms with Gasteiger partial charge in [0.1, 0.15) is 5.94 Å². The minimum atomic E-state index is 0.120. The highest BCUT2D eigenvalue weighted by atomic mass is 32.2. The molecule has 48 valence electrons. The van der Waals surface area contributed by atoms with Gasteiger partial charge in [0.05, 0.1) is 6.58 Å². The molecule has 9 heavy (non-hydrogen) atoms. The Hall–Kier alpha value is -0.730. The minimum Gasteiger partial charge on any atom is -0.346 e. The fourth-order valence-electron chi connectivity index (χ4n) is 0.348. The van der Waals surface area contributed by atoms with Crippen LogP contribution < -0.4 is 5.32 Å². The molecule has 4 heteroatoms. The summed E-state index contributed by atoms with van der Waals surface area (Å²) in [5.74, 6) is 1.69. The minimum absolute atomic E-state index is 0.120. The van der Waals surface area contributed by atoms with Crippen LogP contribution in [0.15, 0.2) is 0 Å². The molecule has 0 aromatic rings. The number of hydrogen-bond acceptors (Lipinski definition) is 3. The molecular weight excluding hydrogens is 138 g/mol. The molecule has 1 heterocycles. The first-order chi connectivity index (χ1) is 4.31. The maximum Gasteiger partial charge on any atom is 0.279 e. The lowest BCUT2D eigenvalue weighted by Crippen LogP contribution is -2.10. The maximum absolute atomic E-state index is 10.1. The standard InChI is InChI=1S/C3H5NOS.C2O/c5-3-4-1-2-6-3;1-2-3/h1-2H2,(H,4,5);. The van der Waals surface area contributed by atoms with Crippen LogP contribution in [0.3, 0.4) is 0 Å². The van der Waals surface area contributed by atoms with Crippen molar-refractivity contribution < 1.29 is 9.59 Å². The predicted octanol–water partition coefficient (Wildman–Crippen LogP) is 0.127. The normalized spacial score (nSPS) is 14.9. The highest BCUT2D eigenvalue weighted by Crippen LogP contribution is 2.04. The molecule has 0 saturated carbocycles. The number of nitrogens with one attached hydrogen (secondary N) is 1. The summed E-state index contributed by atoms with van der Waals surface area (Å²) < 4.78 is 0. The zero-order chi connectivity index (χ0) is 7.11. The van der Waals surface area contributed by atoms with Gasteiger partial charge in [-0.1, -0.05) is 11.8 Å². The highest BCUT2D eigenvalue weighted by Gasteiger charge is 2.06. The van der Waals surface area contributed by atoms with Crippen molar-refractivity contribution in [1.82, 2.24) is 5.32 Å². The van der Waals surface area contributed by atoms with Gasteiger partial charge in [-0.15, -0.1) is 0 Å². The molecule has 1 aliphatic rings. The van der Waals surface area contributed by atoms with Crippen LogP contribution in [0, 0.1) is 6.58 Å². The van der Waals surface area contributed by atoms with E-state index >= 15 is 0 Å². The van der Waals surface area contributed by atoms with E-state index < -0.39 is 0 Å².